The van der Waals surface area contributed by atoms with E-state index < -0.39 is 22.1 Å². The van der Waals surface area contributed by atoms with Crippen LogP contribution in [0.1, 0.15) is 123 Å². The Morgan fingerprint density at radius 1 is 0.465 bits per heavy atom. The fraction of sp³-hybridized carbons (Fsp3) is 0.393. The van der Waals surface area contributed by atoms with E-state index in [0.29, 0.717) is 42.1 Å². The van der Waals surface area contributed by atoms with Gasteiger partial charge < -0.3 is 15.5 Å². The summed E-state index contributed by atoms with van der Waals surface area (Å²) in [7, 11) is -4.20. The number of likely N-dealkylation sites (tertiary alicyclic amines) is 1. The molecule has 0 spiro atoms. The third-order valence-electron chi connectivity index (χ3n) is 14.7. The van der Waals surface area contributed by atoms with Crippen molar-refractivity contribution >= 4 is 38.5 Å². The summed E-state index contributed by atoms with van der Waals surface area (Å²) >= 11 is 0. The van der Waals surface area contributed by atoms with Crippen LogP contribution in [0.2, 0.25) is 0 Å². The van der Waals surface area contributed by atoms with E-state index in [1.54, 1.807) is 41.3 Å². The van der Waals surface area contributed by atoms with Crippen LogP contribution in [0.15, 0.2) is 163 Å². The van der Waals surface area contributed by atoms with Crippen molar-refractivity contribution in [2.45, 2.75) is 145 Å². The Labute approximate surface area is 422 Å². The molecule has 2 heterocycles. The van der Waals surface area contributed by atoms with Gasteiger partial charge >= 0.3 is 0 Å². The number of nitrogens with zero attached hydrogens (tertiary/aromatic N) is 2. The summed E-state index contributed by atoms with van der Waals surface area (Å²) in [6.45, 7) is 0.661. The molecule has 9 nitrogen and oxygen atoms in total. The topological polar surface area (TPSA) is 116 Å². The van der Waals surface area contributed by atoms with Crippen LogP contribution in [0, 0.1) is 0 Å². The van der Waals surface area contributed by atoms with E-state index >= 15 is 0 Å². The molecule has 0 bridgehead atoms. The van der Waals surface area contributed by atoms with Gasteiger partial charge in [0.2, 0.25) is 21.8 Å². The Morgan fingerprint density at radius 2 is 0.873 bits per heavy atom. The van der Waals surface area contributed by atoms with Crippen LogP contribution in [0.25, 0.3) is 10.8 Å². The normalized spacial score (nSPS) is 16.6. The Hall–Kier alpha value is -6.10. The fourth-order valence-corrected chi connectivity index (χ4v) is 12.7. The number of carbonyl (C=O) groups is 3. The SMILES string of the molecule is O=C(NC(CCCc1ccccc1)CCCc1ccccc1)C1CCCCN1C(=O)c1cccc2c(S(=O)(=O)N3CCCCC3C(=O)NC(CCCc3ccccc3)CCCc3ccccc3)cccc12. The number of aryl methyl sites for hydroxylation is 4. The molecule has 0 saturated carbocycles. The van der Waals surface area contributed by atoms with Gasteiger partial charge in [-0.2, -0.15) is 4.31 Å². The average molecular weight is 973 g/mol. The summed E-state index contributed by atoms with van der Waals surface area (Å²) in [6.07, 6.45) is 14.6. The summed E-state index contributed by atoms with van der Waals surface area (Å²) in [5, 5.41) is 7.69. The lowest BCUT2D eigenvalue weighted by Crippen LogP contribution is -2.54. The smallest absolute Gasteiger partial charge is 0.255 e. The minimum atomic E-state index is -4.20. The first-order valence-corrected chi connectivity index (χ1v) is 27.8. The molecule has 8 rings (SSSR count). The summed E-state index contributed by atoms with van der Waals surface area (Å²) in [5.74, 6) is -0.664. The van der Waals surface area contributed by atoms with Gasteiger partial charge in [0.1, 0.15) is 12.1 Å². The van der Waals surface area contributed by atoms with E-state index in [-0.39, 0.29) is 41.2 Å². The Kier molecular flexibility index (Phi) is 18.7. The lowest BCUT2D eigenvalue weighted by molar-refractivity contribution is -0.127. The zero-order valence-electron chi connectivity index (χ0n) is 41.3. The Morgan fingerprint density at radius 3 is 1.35 bits per heavy atom. The first-order chi connectivity index (χ1) is 34.7. The standard InChI is InChI=1S/C61H72N4O5S/c66-59(62-51(35-17-31-47-23-5-1-6-24-47)36-18-32-48-25-7-2-8-26-48)56-42-13-15-45-64(56)61(68)55-41-21-40-54-53(55)39-22-44-58(54)71(69,70)65-46-16-14-43-57(65)60(67)63-52(37-19-33-49-27-9-3-10-28-49)38-20-34-50-29-11-4-12-30-50/h1-12,21-30,39-41,44,51-52,56-57H,13-20,31-38,42-43,45-46H2,(H,62,66)(H,63,67). The van der Waals surface area contributed by atoms with E-state index in [0.717, 1.165) is 96.3 Å². The Balaban J connectivity index is 0.970. The lowest BCUT2D eigenvalue weighted by atomic mass is 9.96. The van der Waals surface area contributed by atoms with Crippen molar-refractivity contribution in [2.75, 3.05) is 13.1 Å². The second kappa shape index (κ2) is 25.8. The van der Waals surface area contributed by atoms with Crippen molar-refractivity contribution in [3.63, 3.8) is 0 Å². The van der Waals surface area contributed by atoms with E-state index in [2.05, 4.69) is 83.4 Å². The predicted octanol–water partition coefficient (Wildman–Crippen LogP) is 11.4. The first-order valence-electron chi connectivity index (χ1n) is 26.4. The van der Waals surface area contributed by atoms with E-state index in [1.807, 2.05) is 48.5 Å². The van der Waals surface area contributed by atoms with Gasteiger partial charge in [-0.15, -0.1) is 0 Å². The molecule has 10 heteroatoms. The molecule has 2 aliphatic rings. The zero-order valence-corrected chi connectivity index (χ0v) is 42.1. The van der Waals surface area contributed by atoms with Gasteiger partial charge in [-0.1, -0.05) is 152 Å². The van der Waals surface area contributed by atoms with Crippen molar-refractivity contribution < 1.29 is 22.8 Å². The summed E-state index contributed by atoms with van der Waals surface area (Å²) in [6, 6.07) is 50.3. The molecule has 6 aromatic carbocycles. The molecule has 3 amide bonds. The number of fused-ring (bicyclic) bond motifs is 1. The molecule has 2 unspecified atom stereocenters. The van der Waals surface area contributed by atoms with Crippen molar-refractivity contribution in [3.05, 3.63) is 186 Å². The number of hydrogen-bond acceptors (Lipinski definition) is 5. The lowest BCUT2D eigenvalue weighted by Gasteiger charge is -2.36. The van der Waals surface area contributed by atoms with Crippen LogP contribution in [0.4, 0.5) is 0 Å². The maximum Gasteiger partial charge on any atom is 0.255 e. The van der Waals surface area contributed by atoms with Crippen molar-refractivity contribution in [3.8, 4) is 0 Å². The molecular weight excluding hydrogens is 901 g/mol. The van der Waals surface area contributed by atoms with Crippen LogP contribution < -0.4 is 10.6 Å². The summed E-state index contributed by atoms with van der Waals surface area (Å²) < 4.78 is 31.4. The molecule has 0 aromatic heterocycles. The fourth-order valence-electron chi connectivity index (χ4n) is 10.8. The molecule has 71 heavy (non-hydrogen) atoms. The molecule has 6 aromatic rings. The van der Waals surface area contributed by atoms with Gasteiger partial charge in [0.15, 0.2) is 0 Å². The van der Waals surface area contributed by atoms with Gasteiger partial charge in [0.05, 0.1) is 4.90 Å². The second-order valence-electron chi connectivity index (χ2n) is 19.7. The third kappa shape index (κ3) is 14.1. The summed E-state index contributed by atoms with van der Waals surface area (Å²) in [4.78, 5) is 45.4. The zero-order chi connectivity index (χ0) is 49.3. The highest BCUT2D eigenvalue weighted by Crippen LogP contribution is 2.33. The highest BCUT2D eigenvalue weighted by atomic mass is 32.2. The van der Waals surface area contributed by atoms with Crippen molar-refractivity contribution in [1.29, 1.82) is 0 Å². The number of nitrogens with one attached hydrogen (secondary N) is 2. The minimum Gasteiger partial charge on any atom is -0.352 e. The minimum absolute atomic E-state index is 0.0371. The van der Waals surface area contributed by atoms with Gasteiger partial charge in [0, 0.05) is 36.1 Å². The average Bonchev–Trinajstić information content (AvgIpc) is 3.41. The maximum atomic E-state index is 15.0. The van der Waals surface area contributed by atoms with E-state index in [9.17, 15) is 22.8 Å². The van der Waals surface area contributed by atoms with Crippen molar-refractivity contribution in [1.82, 2.24) is 19.8 Å². The maximum absolute atomic E-state index is 15.0. The van der Waals surface area contributed by atoms with Gasteiger partial charge in [-0.05, 0) is 149 Å². The van der Waals surface area contributed by atoms with Gasteiger partial charge in [-0.25, -0.2) is 8.42 Å². The molecule has 2 atom stereocenters. The molecule has 2 fully saturated rings. The van der Waals surface area contributed by atoms with Crippen LogP contribution >= 0.6 is 0 Å². The molecule has 0 aliphatic carbocycles. The second-order valence-corrected chi connectivity index (χ2v) is 21.6. The molecule has 2 N–H and O–H groups in total. The quantitative estimate of drug-likeness (QED) is 0.0663. The third-order valence-corrected chi connectivity index (χ3v) is 16.6. The van der Waals surface area contributed by atoms with Gasteiger partial charge in [-0.3, -0.25) is 14.4 Å². The summed E-state index contributed by atoms with van der Waals surface area (Å²) in [5.41, 5.74) is 5.43. The Bertz CT molecular complexity index is 2650. The number of sulfonamides is 1. The van der Waals surface area contributed by atoms with E-state index in [4.69, 9.17) is 0 Å². The van der Waals surface area contributed by atoms with Crippen LogP contribution in [-0.4, -0.2) is 72.6 Å². The van der Waals surface area contributed by atoms with E-state index in [1.165, 1.54) is 26.6 Å². The number of benzene rings is 6. The number of carbonyl (C=O) groups excluding carboxylic acids is 3. The highest BCUT2D eigenvalue weighted by molar-refractivity contribution is 7.89. The first kappa shape index (κ1) is 51.3. The molecule has 372 valence electrons. The molecule has 2 saturated heterocycles. The molecular formula is C61H72N4O5S. The predicted molar refractivity (Wildman–Crippen MR) is 286 cm³/mol. The monoisotopic (exact) mass is 973 g/mol. The van der Waals surface area contributed by atoms with Crippen LogP contribution in [0.5, 0.6) is 0 Å². The van der Waals surface area contributed by atoms with Crippen LogP contribution in [0.3, 0.4) is 0 Å². The molecule has 0 radical (unpaired) electrons. The largest absolute Gasteiger partial charge is 0.352 e. The number of piperidine rings is 2. The number of rotatable bonds is 23. The molecule has 2 aliphatic heterocycles. The number of amides is 3. The highest BCUT2D eigenvalue weighted by Gasteiger charge is 2.40. The number of hydrogen-bond donors (Lipinski definition) is 2. The van der Waals surface area contributed by atoms with Crippen molar-refractivity contribution in [2.24, 2.45) is 0 Å². The van der Waals surface area contributed by atoms with Crippen LogP contribution in [-0.2, 0) is 45.3 Å². The van der Waals surface area contributed by atoms with Gasteiger partial charge in [0.25, 0.3) is 5.91 Å².